The Labute approximate surface area is 127 Å². The van der Waals surface area contributed by atoms with E-state index < -0.39 is 0 Å². The van der Waals surface area contributed by atoms with Crippen LogP contribution >= 0.6 is 0 Å². The van der Waals surface area contributed by atoms with Gasteiger partial charge in [0.1, 0.15) is 5.75 Å². The highest BCUT2D eigenvalue weighted by molar-refractivity contribution is 5.96. The summed E-state index contributed by atoms with van der Waals surface area (Å²) in [7, 11) is 1.66. The summed E-state index contributed by atoms with van der Waals surface area (Å²) in [6.07, 6.45) is 4.49. The normalized spacial score (nSPS) is 15.5. The molecule has 21 heavy (non-hydrogen) atoms. The number of rotatable bonds is 6. The first kappa shape index (κ1) is 15.8. The molecule has 1 aliphatic heterocycles. The fourth-order valence-electron chi connectivity index (χ4n) is 2.96. The molecule has 0 aliphatic carbocycles. The van der Waals surface area contributed by atoms with Gasteiger partial charge >= 0.3 is 0 Å². The molecule has 1 unspecified atom stereocenters. The molecule has 0 aromatic heterocycles. The van der Waals surface area contributed by atoms with E-state index in [1.807, 2.05) is 17.0 Å². The number of hydrogen-bond acceptors (Lipinski definition) is 3. The lowest BCUT2D eigenvalue weighted by Crippen LogP contribution is -2.35. The third kappa shape index (κ3) is 3.76. The van der Waals surface area contributed by atoms with E-state index in [0.717, 1.165) is 43.7 Å². The zero-order chi connectivity index (χ0) is 15.2. The third-order valence-electron chi connectivity index (χ3n) is 4.21. The van der Waals surface area contributed by atoms with Crippen LogP contribution in [0.2, 0.25) is 0 Å². The Balaban J connectivity index is 2.10. The predicted octanol–water partition coefficient (Wildman–Crippen LogP) is 2.74. The molecule has 0 spiro atoms. The number of ether oxygens (including phenoxy) is 1. The van der Waals surface area contributed by atoms with Crippen LogP contribution in [0.3, 0.4) is 0 Å². The van der Waals surface area contributed by atoms with Crippen LogP contribution in [0.4, 0.5) is 5.69 Å². The van der Waals surface area contributed by atoms with Gasteiger partial charge in [0, 0.05) is 13.0 Å². The number of nitrogens with two attached hydrogens (primary N) is 1. The Morgan fingerprint density at radius 2 is 2.24 bits per heavy atom. The lowest BCUT2D eigenvalue weighted by Gasteiger charge is -2.31. The van der Waals surface area contributed by atoms with Gasteiger partial charge in [0.25, 0.3) is 0 Å². The van der Waals surface area contributed by atoms with E-state index in [0.29, 0.717) is 18.9 Å². The van der Waals surface area contributed by atoms with Gasteiger partial charge in [0.15, 0.2) is 0 Å². The number of carbonyl (C=O) groups excluding carboxylic acids is 1. The number of aryl methyl sites for hydroxylation is 1. The standard InChI is InChI=1S/C17H26N2O2/c1-13(10-11-18)8-9-16(20)19-12-4-6-14-5-3-7-15(21-2)17(14)19/h3,5,7,13H,4,6,8-12,18H2,1-2H3. The smallest absolute Gasteiger partial charge is 0.227 e. The minimum absolute atomic E-state index is 0.198. The summed E-state index contributed by atoms with van der Waals surface area (Å²) in [4.78, 5) is 14.5. The van der Waals surface area contributed by atoms with Crippen molar-refractivity contribution in [2.24, 2.45) is 11.7 Å². The highest BCUT2D eigenvalue weighted by atomic mass is 16.5. The zero-order valence-corrected chi connectivity index (χ0v) is 13.1. The van der Waals surface area contributed by atoms with E-state index in [-0.39, 0.29) is 5.91 Å². The summed E-state index contributed by atoms with van der Waals surface area (Å²) in [5.74, 6) is 1.50. The lowest BCUT2D eigenvalue weighted by molar-refractivity contribution is -0.119. The molecule has 0 radical (unpaired) electrons. The van der Waals surface area contributed by atoms with Gasteiger partial charge in [-0.2, -0.15) is 0 Å². The van der Waals surface area contributed by atoms with Crippen LogP contribution in [0.15, 0.2) is 18.2 Å². The Hall–Kier alpha value is -1.55. The molecule has 1 atom stereocenters. The van der Waals surface area contributed by atoms with E-state index >= 15 is 0 Å². The molecule has 2 N–H and O–H groups in total. The van der Waals surface area contributed by atoms with Crippen LogP contribution < -0.4 is 15.4 Å². The number of carbonyl (C=O) groups is 1. The van der Waals surface area contributed by atoms with Crippen molar-refractivity contribution in [3.63, 3.8) is 0 Å². The molecule has 0 fully saturated rings. The number of hydrogen-bond donors (Lipinski definition) is 1. The SMILES string of the molecule is COc1cccc2c1N(C(=O)CCC(C)CCN)CCC2. The minimum Gasteiger partial charge on any atom is -0.495 e. The number of benzene rings is 1. The van der Waals surface area contributed by atoms with Gasteiger partial charge in [-0.15, -0.1) is 0 Å². The molecule has 1 amide bonds. The molecule has 1 heterocycles. The van der Waals surface area contributed by atoms with Gasteiger partial charge in [0.05, 0.1) is 12.8 Å². The van der Waals surface area contributed by atoms with Crippen LogP contribution in [-0.2, 0) is 11.2 Å². The maximum atomic E-state index is 12.6. The Bertz CT molecular complexity index is 473. The molecule has 4 heteroatoms. The average Bonchev–Trinajstić information content (AvgIpc) is 2.51. The van der Waals surface area contributed by atoms with E-state index in [1.165, 1.54) is 5.56 Å². The summed E-state index contributed by atoms with van der Waals surface area (Å²) in [5, 5.41) is 0. The molecule has 2 rings (SSSR count). The van der Waals surface area contributed by atoms with Crippen molar-refractivity contribution in [1.29, 1.82) is 0 Å². The Kier molecular flexibility index (Phi) is 5.62. The predicted molar refractivity (Wildman–Crippen MR) is 85.7 cm³/mol. The van der Waals surface area contributed by atoms with Crippen molar-refractivity contribution in [1.82, 2.24) is 0 Å². The van der Waals surface area contributed by atoms with Crippen LogP contribution in [0.25, 0.3) is 0 Å². The molecular formula is C17H26N2O2. The zero-order valence-electron chi connectivity index (χ0n) is 13.1. The maximum Gasteiger partial charge on any atom is 0.227 e. The highest BCUT2D eigenvalue weighted by Crippen LogP contribution is 2.36. The lowest BCUT2D eigenvalue weighted by atomic mass is 9.98. The van der Waals surface area contributed by atoms with Gasteiger partial charge in [-0.3, -0.25) is 4.79 Å². The molecule has 116 valence electrons. The van der Waals surface area contributed by atoms with Gasteiger partial charge in [-0.1, -0.05) is 19.1 Å². The fourth-order valence-corrected chi connectivity index (χ4v) is 2.96. The largest absolute Gasteiger partial charge is 0.495 e. The summed E-state index contributed by atoms with van der Waals surface area (Å²) < 4.78 is 5.45. The topological polar surface area (TPSA) is 55.6 Å². The molecule has 0 saturated carbocycles. The molecule has 1 aliphatic rings. The monoisotopic (exact) mass is 290 g/mol. The molecule has 1 aromatic carbocycles. The fraction of sp³-hybridized carbons (Fsp3) is 0.588. The second kappa shape index (κ2) is 7.46. The van der Waals surface area contributed by atoms with Crippen LogP contribution in [0.1, 0.15) is 38.2 Å². The Morgan fingerprint density at radius 1 is 1.43 bits per heavy atom. The molecule has 4 nitrogen and oxygen atoms in total. The van der Waals surface area contributed by atoms with Crippen LogP contribution in [0.5, 0.6) is 5.75 Å². The van der Waals surface area contributed by atoms with E-state index in [4.69, 9.17) is 10.5 Å². The van der Waals surface area contributed by atoms with E-state index in [9.17, 15) is 4.79 Å². The number of amides is 1. The summed E-state index contributed by atoms with van der Waals surface area (Å²) in [6, 6.07) is 6.02. The third-order valence-corrected chi connectivity index (χ3v) is 4.21. The summed E-state index contributed by atoms with van der Waals surface area (Å²) in [6.45, 7) is 3.64. The number of anilines is 1. The van der Waals surface area contributed by atoms with E-state index in [2.05, 4.69) is 13.0 Å². The maximum absolute atomic E-state index is 12.6. The molecule has 1 aromatic rings. The van der Waals surface area contributed by atoms with Crippen LogP contribution in [0, 0.1) is 5.92 Å². The average molecular weight is 290 g/mol. The first-order valence-corrected chi connectivity index (χ1v) is 7.83. The molecule has 0 saturated heterocycles. The van der Waals surface area contributed by atoms with Gasteiger partial charge < -0.3 is 15.4 Å². The first-order chi connectivity index (χ1) is 10.2. The number of fused-ring (bicyclic) bond motifs is 1. The summed E-state index contributed by atoms with van der Waals surface area (Å²) in [5.41, 5.74) is 7.75. The Morgan fingerprint density at radius 3 is 2.95 bits per heavy atom. The van der Waals surface area contributed by atoms with Crippen molar-refractivity contribution in [2.45, 2.75) is 39.0 Å². The highest BCUT2D eigenvalue weighted by Gasteiger charge is 2.25. The quantitative estimate of drug-likeness (QED) is 0.876. The van der Waals surface area contributed by atoms with Gasteiger partial charge in [-0.05, 0) is 49.8 Å². The molecular weight excluding hydrogens is 264 g/mol. The van der Waals surface area contributed by atoms with Crippen molar-refractivity contribution in [2.75, 3.05) is 25.1 Å². The van der Waals surface area contributed by atoms with Crippen LogP contribution in [-0.4, -0.2) is 26.1 Å². The van der Waals surface area contributed by atoms with Crippen molar-refractivity contribution >= 4 is 11.6 Å². The van der Waals surface area contributed by atoms with E-state index in [1.54, 1.807) is 7.11 Å². The van der Waals surface area contributed by atoms with Crippen molar-refractivity contribution in [3.8, 4) is 5.75 Å². The minimum atomic E-state index is 0.198. The van der Waals surface area contributed by atoms with Gasteiger partial charge in [0.2, 0.25) is 5.91 Å². The number of para-hydroxylation sites is 1. The van der Waals surface area contributed by atoms with Crippen molar-refractivity contribution < 1.29 is 9.53 Å². The first-order valence-electron chi connectivity index (χ1n) is 7.83. The number of methoxy groups -OCH3 is 1. The second-order valence-corrected chi connectivity index (χ2v) is 5.84. The summed E-state index contributed by atoms with van der Waals surface area (Å²) >= 11 is 0. The number of nitrogens with zero attached hydrogens (tertiary/aromatic N) is 1. The van der Waals surface area contributed by atoms with Crippen molar-refractivity contribution in [3.05, 3.63) is 23.8 Å². The molecule has 0 bridgehead atoms. The second-order valence-electron chi connectivity index (χ2n) is 5.84. The van der Waals surface area contributed by atoms with Gasteiger partial charge in [-0.25, -0.2) is 0 Å².